The van der Waals surface area contributed by atoms with E-state index >= 15 is 0 Å². The van der Waals surface area contributed by atoms with Crippen molar-refractivity contribution in [3.8, 4) is 11.1 Å². The zero-order chi connectivity index (χ0) is 30.8. The van der Waals surface area contributed by atoms with Gasteiger partial charge < -0.3 is 24.8 Å². The molecule has 0 radical (unpaired) electrons. The number of carbonyl (C=O) groups is 2. The molecule has 1 fully saturated rings. The van der Waals surface area contributed by atoms with Crippen LogP contribution in [0.3, 0.4) is 0 Å². The predicted molar refractivity (Wildman–Crippen MR) is 168 cm³/mol. The monoisotopic (exact) mass is 578 g/mol. The summed E-state index contributed by atoms with van der Waals surface area (Å²) in [7, 11) is 0. The first-order valence-corrected chi connectivity index (χ1v) is 14.7. The van der Waals surface area contributed by atoms with E-state index in [0.717, 1.165) is 38.8 Å². The topological polar surface area (TPSA) is 115 Å². The number of aromatic nitrogens is 2. The molecule has 2 amide bonds. The van der Waals surface area contributed by atoms with E-state index in [1.54, 1.807) is 6.07 Å². The maximum absolute atomic E-state index is 14.2. The lowest BCUT2D eigenvalue weighted by Gasteiger charge is -2.54. The molecule has 0 saturated carbocycles. The highest BCUT2D eigenvalue weighted by Crippen LogP contribution is 2.41. The number of amides is 2. The third-order valence-electron chi connectivity index (χ3n) is 8.87. The Morgan fingerprint density at radius 1 is 0.977 bits per heavy atom. The van der Waals surface area contributed by atoms with E-state index in [-0.39, 0.29) is 5.91 Å². The predicted octanol–water partition coefficient (Wildman–Crippen LogP) is 6.37. The number of primary amides is 1. The molecule has 0 bridgehead atoms. The zero-order valence-electron chi connectivity index (χ0n) is 25.6. The molecule has 1 aliphatic rings. The Labute approximate surface area is 251 Å². The molecule has 3 aromatic carbocycles. The Morgan fingerprint density at radius 2 is 1.65 bits per heavy atom. The number of hydrogen-bond donors (Lipinski definition) is 2. The number of aliphatic hydroxyl groups is 1. The van der Waals surface area contributed by atoms with Crippen LogP contribution in [0.4, 0.5) is 0 Å². The molecule has 1 aliphatic heterocycles. The second kappa shape index (κ2) is 10.1. The van der Waals surface area contributed by atoms with Crippen molar-refractivity contribution in [1.29, 1.82) is 0 Å². The lowest BCUT2D eigenvalue weighted by atomic mass is 9.77. The summed E-state index contributed by atoms with van der Waals surface area (Å²) in [5, 5.41) is 16.2. The Hall–Kier alpha value is -4.43. The lowest BCUT2D eigenvalue weighted by molar-refractivity contribution is -0.0591. The number of piperidine rings is 1. The second-order valence-corrected chi connectivity index (χ2v) is 13.1. The number of aryl methyl sites for hydroxylation is 2. The van der Waals surface area contributed by atoms with Crippen LogP contribution in [0.25, 0.3) is 32.9 Å². The van der Waals surface area contributed by atoms with Crippen LogP contribution in [-0.2, 0) is 6.54 Å². The summed E-state index contributed by atoms with van der Waals surface area (Å²) in [6, 6.07) is 19.7. The molecule has 2 aromatic heterocycles. The molecule has 222 valence electrons. The maximum Gasteiger partial charge on any atom is 0.254 e. The summed E-state index contributed by atoms with van der Waals surface area (Å²) in [6.45, 7) is 12.3. The van der Waals surface area contributed by atoms with Gasteiger partial charge in [-0.05, 0) is 95.8 Å². The third-order valence-corrected chi connectivity index (χ3v) is 8.87. The smallest absolute Gasteiger partial charge is 0.254 e. The van der Waals surface area contributed by atoms with Crippen LogP contribution < -0.4 is 5.73 Å². The van der Waals surface area contributed by atoms with Crippen molar-refractivity contribution in [2.75, 3.05) is 0 Å². The fraction of sp³-hybridized carbons (Fsp3) is 0.343. The van der Waals surface area contributed by atoms with Gasteiger partial charge >= 0.3 is 0 Å². The average molecular weight is 579 g/mol. The standard InChI is InChI=1S/C35H38N4O4/c1-20-30(21(2)43-37-20)24-15-27(32(36)41)31-26-14-23(33(42)39-34(3,4)17-25(40)18-35(39,5)6)12-13-28(26)38(29(31)16-24)19-22-10-8-7-9-11-22/h7-16,25,40H,17-19H2,1-6H3,(H2,36,41). The molecule has 3 N–H and O–H groups in total. The highest BCUT2D eigenvalue weighted by Gasteiger charge is 2.47. The summed E-state index contributed by atoms with van der Waals surface area (Å²) in [5.41, 5.74) is 11.0. The Kier molecular flexibility index (Phi) is 6.73. The molecule has 5 aromatic rings. The number of nitrogens with zero attached hydrogens (tertiary/aromatic N) is 3. The minimum absolute atomic E-state index is 0.110. The summed E-state index contributed by atoms with van der Waals surface area (Å²) in [6.07, 6.45) is 0.520. The van der Waals surface area contributed by atoms with Crippen molar-refractivity contribution in [2.45, 2.75) is 78.1 Å². The second-order valence-electron chi connectivity index (χ2n) is 13.1. The quantitative estimate of drug-likeness (QED) is 0.252. The van der Waals surface area contributed by atoms with Gasteiger partial charge in [0.1, 0.15) is 5.76 Å². The number of nitrogens with two attached hydrogens (primary N) is 1. The van der Waals surface area contributed by atoms with Gasteiger partial charge in [-0.3, -0.25) is 9.59 Å². The van der Waals surface area contributed by atoms with Crippen molar-refractivity contribution in [2.24, 2.45) is 5.73 Å². The fourth-order valence-electron chi connectivity index (χ4n) is 7.43. The van der Waals surface area contributed by atoms with Crippen molar-refractivity contribution >= 4 is 33.6 Å². The molecule has 6 rings (SSSR count). The van der Waals surface area contributed by atoms with E-state index in [9.17, 15) is 14.7 Å². The zero-order valence-corrected chi connectivity index (χ0v) is 25.6. The van der Waals surface area contributed by atoms with Gasteiger partial charge in [-0.1, -0.05) is 35.5 Å². The molecule has 0 unspecified atom stereocenters. The van der Waals surface area contributed by atoms with Crippen LogP contribution in [0.2, 0.25) is 0 Å². The van der Waals surface area contributed by atoms with Gasteiger partial charge in [-0.2, -0.15) is 0 Å². The summed E-state index contributed by atoms with van der Waals surface area (Å²) in [5.74, 6) is -0.00938. The molecule has 43 heavy (non-hydrogen) atoms. The van der Waals surface area contributed by atoms with Gasteiger partial charge in [0.25, 0.3) is 5.91 Å². The number of aliphatic hydroxyl groups excluding tert-OH is 1. The maximum atomic E-state index is 14.2. The Balaban J connectivity index is 1.61. The van der Waals surface area contributed by atoms with Gasteiger partial charge in [-0.15, -0.1) is 0 Å². The van der Waals surface area contributed by atoms with Gasteiger partial charge in [0.05, 0.1) is 17.3 Å². The van der Waals surface area contributed by atoms with E-state index in [1.165, 1.54) is 0 Å². The van der Waals surface area contributed by atoms with Gasteiger partial charge in [0, 0.05) is 50.6 Å². The molecular weight excluding hydrogens is 540 g/mol. The molecule has 8 nitrogen and oxygen atoms in total. The highest BCUT2D eigenvalue weighted by molar-refractivity contribution is 6.20. The summed E-state index contributed by atoms with van der Waals surface area (Å²) < 4.78 is 7.63. The number of hydrogen-bond acceptors (Lipinski definition) is 5. The van der Waals surface area contributed by atoms with Gasteiger partial charge in [0.2, 0.25) is 5.91 Å². The number of benzene rings is 3. The van der Waals surface area contributed by atoms with E-state index in [1.807, 2.05) is 82.8 Å². The number of rotatable bonds is 5. The number of carbonyl (C=O) groups excluding carboxylic acids is 2. The summed E-state index contributed by atoms with van der Waals surface area (Å²) in [4.78, 5) is 29.2. The highest BCUT2D eigenvalue weighted by atomic mass is 16.5. The minimum Gasteiger partial charge on any atom is -0.393 e. The molecule has 0 spiro atoms. The van der Waals surface area contributed by atoms with Gasteiger partial charge in [-0.25, -0.2) is 0 Å². The van der Waals surface area contributed by atoms with Gasteiger partial charge in [0.15, 0.2) is 0 Å². The van der Waals surface area contributed by atoms with Crippen LogP contribution in [0.1, 0.15) is 78.3 Å². The van der Waals surface area contributed by atoms with E-state index in [4.69, 9.17) is 10.3 Å². The van der Waals surface area contributed by atoms with Crippen LogP contribution >= 0.6 is 0 Å². The minimum atomic E-state index is -0.554. The normalized spacial score (nSPS) is 16.7. The molecule has 1 saturated heterocycles. The SMILES string of the molecule is Cc1noc(C)c1-c1cc(C(N)=O)c2c3cc(C(=O)N4C(C)(C)CC(O)CC4(C)C)ccc3n(Cc3ccccc3)c2c1. The summed E-state index contributed by atoms with van der Waals surface area (Å²) >= 11 is 0. The first kappa shape index (κ1) is 28.7. The van der Waals surface area contributed by atoms with Crippen LogP contribution in [0, 0.1) is 13.8 Å². The lowest BCUT2D eigenvalue weighted by Crippen LogP contribution is -2.63. The molecule has 8 heteroatoms. The van der Waals surface area contributed by atoms with E-state index < -0.39 is 23.1 Å². The first-order valence-electron chi connectivity index (χ1n) is 14.7. The number of fused-ring (bicyclic) bond motifs is 3. The molecular formula is C35H38N4O4. The fourth-order valence-corrected chi connectivity index (χ4v) is 7.43. The first-order chi connectivity index (χ1) is 20.3. The Bertz CT molecular complexity index is 1860. The van der Waals surface area contributed by atoms with Crippen LogP contribution in [0.5, 0.6) is 0 Å². The van der Waals surface area contributed by atoms with Crippen molar-refractivity contribution in [3.05, 3.63) is 88.8 Å². The van der Waals surface area contributed by atoms with E-state index in [2.05, 4.69) is 27.9 Å². The molecule has 0 atom stereocenters. The van der Waals surface area contributed by atoms with Crippen molar-refractivity contribution in [3.63, 3.8) is 0 Å². The van der Waals surface area contributed by atoms with Crippen LogP contribution in [-0.4, -0.2) is 48.7 Å². The Morgan fingerprint density at radius 3 is 2.26 bits per heavy atom. The third kappa shape index (κ3) is 4.79. The van der Waals surface area contributed by atoms with Crippen molar-refractivity contribution in [1.82, 2.24) is 14.6 Å². The van der Waals surface area contributed by atoms with Crippen LogP contribution in [0.15, 0.2) is 65.2 Å². The van der Waals surface area contributed by atoms with Crippen molar-refractivity contribution < 1.29 is 19.2 Å². The molecule has 0 aliphatic carbocycles. The van der Waals surface area contributed by atoms with E-state index in [0.29, 0.717) is 41.7 Å². The molecule has 3 heterocycles. The largest absolute Gasteiger partial charge is 0.393 e. The average Bonchev–Trinajstić information content (AvgIpc) is 3.42. The number of likely N-dealkylation sites (tertiary alicyclic amines) is 1.